The van der Waals surface area contributed by atoms with E-state index in [1.165, 1.54) is 0 Å². The standard InChI is InChI=1S/C13H11BrCl2O2S/c1-17-9-4-3-8(13(18-2)12(9)16)11(15)7-5-10(14)19-6-7/h3-6,11H,1-2H3. The minimum absolute atomic E-state index is 0.319. The van der Waals surface area contributed by atoms with Crippen molar-refractivity contribution < 1.29 is 9.47 Å². The summed E-state index contributed by atoms with van der Waals surface area (Å²) in [5.74, 6) is 1.11. The maximum absolute atomic E-state index is 6.50. The van der Waals surface area contributed by atoms with Gasteiger partial charge in [-0.05, 0) is 45.1 Å². The van der Waals surface area contributed by atoms with E-state index in [9.17, 15) is 0 Å². The third-order valence-electron chi connectivity index (χ3n) is 2.67. The Morgan fingerprint density at radius 1 is 1.26 bits per heavy atom. The van der Waals surface area contributed by atoms with Gasteiger partial charge in [-0.1, -0.05) is 11.6 Å². The Balaban J connectivity index is 2.47. The van der Waals surface area contributed by atoms with E-state index in [1.807, 2.05) is 17.5 Å². The molecule has 2 rings (SSSR count). The van der Waals surface area contributed by atoms with Gasteiger partial charge in [-0.2, -0.15) is 0 Å². The summed E-state index contributed by atoms with van der Waals surface area (Å²) in [5.41, 5.74) is 1.82. The Labute approximate surface area is 134 Å². The van der Waals surface area contributed by atoms with Crippen LogP contribution in [0.2, 0.25) is 5.02 Å². The van der Waals surface area contributed by atoms with E-state index in [0.717, 1.165) is 14.9 Å². The molecule has 0 N–H and O–H groups in total. The fourth-order valence-corrected chi connectivity index (χ4v) is 3.65. The number of methoxy groups -OCH3 is 2. The molecule has 0 fully saturated rings. The summed E-state index contributed by atoms with van der Waals surface area (Å²) < 4.78 is 11.6. The molecule has 0 aliphatic rings. The van der Waals surface area contributed by atoms with Gasteiger partial charge < -0.3 is 9.47 Å². The molecular formula is C13H11BrCl2O2S. The molecule has 1 aromatic heterocycles. The Hall–Kier alpha value is -0.420. The highest BCUT2D eigenvalue weighted by atomic mass is 79.9. The van der Waals surface area contributed by atoms with Gasteiger partial charge in [-0.15, -0.1) is 22.9 Å². The van der Waals surface area contributed by atoms with Crippen molar-refractivity contribution in [2.75, 3.05) is 14.2 Å². The lowest BCUT2D eigenvalue weighted by atomic mass is 10.1. The van der Waals surface area contributed by atoms with Crippen LogP contribution in [0, 0.1) is 0 Å². The van der Waals surface area contributed by atoms with Crippen molar-refractivity contribution in [2.45, 2.75) is 5.38 Å². The molecule has 1 aromatic carbocycles. The molecular weight excluding hydrogens is 371 g/mol. The highest BCUT2D eigenvalue weighted by molar-refractivity contribution is 9.11. The van der Waals surface area contributed by atoms with Crippen molar-refractivity contribution in [1.82, 2.24) is 0 Å². The van der Waals surface area contributed by atoms with Crippen molar-refractivity contribution in [3.8, 4) is 11.5 Å². The van der Waals surface area contributed by atoms with Crippen LogP contribution < -0.4 is 9.47 Å². The number of alkyl halides is 1. The zero-order valence-electron chi connectivity index (χ0n) is 10.2. The average molecular weight is 382 g/mol. The summed E-state index contributed by atoms with van der Waals surface area (Å²) in [5, 5.41) is 2.11. The predicted octanol–water partition coefficient (Wildman–Crippen LogP) is 5.51. The lowest BCUT2D eigenvalue weighted by Crippen LogP contribution is -1.98. The molecule has 0 saturated heterocycles. The number of thiophene rings is 1. The fourth-order valence-electron chi connectivity index (χ4n) is 1.75. The molecule has 19 heavy (non-hydrogen) atoms. The topological polar surface area (TPSA) is 18.5 Å². The molecule has 0 bridgehead atoms. The number of halogens is 3. The quantitative estimate of drug-likeness (QED) is 0.650. The summed E-state index contributed by atoms with van der Waals surface area (Å²) in [6.45, 7) is 0. The van der Waals surface area contributed by atoms with Crippen LogP contribution in [0.4, 0.5) is 0 Å². The van der Waals surface area contributed by atoms with Gasteiger partial charge in [-0.25, -0.2) is 0 Å². The third kappa shape index (κ3) is 3.02. The highest BCUT2D eigenvalue weighted by Crippen LogP contribution is 2.44. The average Bonchev–Trinajstić information content (AvgIpc) is 2.84. The van der Waals surface area contributed by atoms with Gasteiger partial charge >= 0.3 is 0 Å². The van der Waals surface area contributed by atoms with Crippen molar-refractivity contribution in [3.05, 3.63) is 43.5 Å². The molecule has 1 unspecified atom stereocenters. The second kappa shape index (κ2) is 6.35. The molecule has 0 saturated carbocycles. The zero-order valence-corrected chi connectivity index (χ0v) is 14.2. The Bertz CT molecular complexity index is 586. The third-order valence-corrected chi connectivity index (χ3v) is 5.04. The molecule has 6 heteroatoms. The molecule has 0 aliphatic heterocycles. The van der Waals surface area contributed by atoms with Gasteiger partial charge in [-0.3, -0.25) is 0 Å². The van der Waals surface area contributed by atoms with Crippen molar-refractivity contribution >= 4 is 50.5 Å². The molecule has 102 valence electrons. The number of ether oxygens (including phenoxy) is 2. The zero-order chi connectivity index (χ0) is 14.0. The first-order valence-electron chi connectivity index (χ1n) is 5.36. The normalized spacial score (nSPS) is 12.3. The smallest absolute Gasteiger partial charge is 0.146 e. The SMILES string of the molecule is COc1ccc(C(Cl)c2csc(Br)c2)c(OC)c1Cl. The first-order valence-corrected chi connectivity index (χ1v) is 7.85. The van der Waals surface area contributed by atoms with Gasteiger partial charge in [0.2, 0.25) is 0 Å². The van der Waals surface area contributed by atoms with Crippen LogP contribution in [0.1, 0.15) is 16.5 Å². The minimum atomic E-state index is -0.319. The fraction of sp³-hybridized carbons (Fsp3) is 0.231. The van der Waals surface area contributed by atoms with E-state index in [0.29, 0.717) is 16.5 Å². The second-order valence-corrected chi connectivity index (χ2v) is 6.86. The lowest BCUT2D eigenvalue weighted by molar-refractivity contribution is 0.392. The molecule has 2 aromatic rings. The Morgan fingerprint density at radius 3 is 2.53 bits per heavy atom. The van der Waals surface area contributed by atoms with Crippen LogP contribution in [0.3, 0.4) is 0 Å². The number of benzene rings is 1. The monoisotopic (exact) mass is 380 g/mol. The maximum atomic E-state index is 6.50. The van der Waals surface area contributed by atoms with Crippen LogP contribution in [0.25, 0.3) is 0 Å². The Morgan fingerprint density at radius 2 is 2.00 bits per heavy atom. The van der Waals surface area contributed by atoms with Gasteiger partial charge in [0.1, 0.15) is 16.5 Å². The van der Waals surface area contributed by atoms with E-state index in [1.54, 1.807) is 31.6 Å². The molecule has 1 heterocycles. The van der Waals surface area contributed by atoms with E-state index in [4.69, 9.17) is 32.7 Å². The van der Waals surface area contributed by atoms with Crippen LogP contribution >= 0.6 is 50.5 Å². The van der Waals surface area contributed by atoms with E-state index < -0.39 is 0 Å². The second-order valence-electron chi connectivity index (χ2n) is 3.75. The van der Waals surface area contributed by atoms with Crippen molar-refractivity contribution in [3.63, 3.8) is 0 Å². The van der Waals surface area contributed by atoms with Crippen molar-refractivity contribution in [1.29, 1.82) is 0 Å². The Kier molecular flexibility index (Phi) is 5.01. The minimum Gasteiger partial charge on any atom is -0.495 e. The number of hydrogen-bond acceptors (Lipinski definition) is 3. The summed E-state index contributed by atoms with van der Waals surface area (Å²) in [7, 11) is 3.13. The van der Waals surface area contributed by atoms with Crippen LogP contribution in [0.5, 0.6) is 11.5 Å². The van der Waals surface area contributed by atoms with E-state index >= 15 is 0 Å². The number of rotatable bonds is 4. The number of hydrogen-bond donors (Lipinski definition) is 0. The summed E-state index contributed by atoms with van der Waals surface area (Å²) in [6, 6.07) is 5.64. The van der Waals surface area contributed by atoms with E-state index in [2.05, 4.69) is 15.9 Å². The summed E-state index contributed by atoms with van der Waals surface area (Å²) >= 11 is 17.8. The molecule has 0 aliphatic carbocycles. The van der Waals surface area contributed by atoms with Crippen LogP contribution in [-0.2, 0) is 0 Å². The largest absolute Gasteiger partial charge is 0.495 e. The molecule has 0 amide bonds. The van der Waals surface area contributed by atoms with E-state index in [-0.39, 0.29) is 5.38 Å². The van der Waals surface area contributed by atoms with Gasteiger partial charge in [0.15, 0.2) is 0 Å². The molecule has 0 radical (unpaired) electrons. The highest BCUT2D eigenvalue weighted by Gasteiger charge is 2.21. The van der Waals surface area contributed by atoms with Gasteiger partial charge in [0.25, 0.3) is 0 Å². The molecule has 0 spiro atoms. The first-order chi connectivity index (χ1) is 9.08. The summed E-state index contributed by atoms with van der Waals surface area (Å²) in [4.78, 5) is 0. The lowest BCUT2D eigenvalue weighted by Gasteiger charge is -2.16. The van der Waals surface area contributed by atoms with Crippen molar-refractivity contribution in [2.24, 2.45) is 0 Å². The van der Waals surface area contributed by atoms with Crippen LogP contribution in [-0.4, -0.2) is 14.2 Å². The predicted molar refractivity (Wildman–Crippen MR) is 84.3 cm³/mol. The van der Waals surface area contributed by atoms with Gasteiger partial charge in [0.05, 0.1) is 23.4 Å². The van der Waals surface area contributed by atoms with Gasteiger partial charge in [0, 0.05) is 5.56 Å². The maximum Gasteiger partial charge on any atom is 0.146 e. The summed E-state index contributed by atoms with van der Waals surface area (Å²) in [6.07, 6.45) is 0. The van der Waals surface area contributed by atoms with Crippen LogP contribution in [0.15, 0.2) is 27.4 Å². The molecule has 1 atom stereocenters. The molecule has 2 nitrogen and oxygen atoms in total. The first kappa shape index (κ1) is 15.0.